The van der Waals surface area contributed by atoms with Gasteiger partial charge in [-0.3, -0.25) is 9.69 Å². The first-order valence-corrected chi connectivity index (χ1v) is 10.2. The Hall–Kier alpha value is -3.10. The van der Waals surface area contributed by atoms with Crippen molar-refractivity contribution in [2.24, 2.45) is 5.10 Å². The Morgan fingerprint density at radius 2 is 1.77 bits per heavy atom. The minimum atomic E-state index is -0.336. The molecule has 0 aliphatic carbocycles. The van der Waals surface area contributed by atoms with Crippen molar-refractivity contribution in [3.05, 3.63) is 53.6 Å². The quantitative estimate of drug-likeness (QED) is 0.489. The van der Waals surface area contributed by atoms with E-state index in [1.807, 2.05) is 25.1 Å². The highest BCUT2D eigenvalue weighted by atomic mass is 16.5. The number of hydrazone groups is 1. The number of morpholine rings is 1. The molecular formula is C23H29N3O5. The molecule has 8 heteroatoms. The van der Waals surface area contributed by atoms with Gasteiger partial charge in [-0.15, -0.1) is 0 Å². The highest BCUT2D eigenvalue weighted by Gasteiger charge is 2.14. The predicted octanol–water partition coefficient (Wildman–Crippen LogP) is 2.46. The molecule has 1 fully saturated rings. The molecule has 3 rings (SSSR count). The molecule has 0 radical (unpaired) electrons. The summed E-state index contributed by atoms with van der Waals surface area (Å²) in [6, 6.07) is 12.9. The highest BCUT2D eigenvalue weighted by Crippen LogP contribution is 2.22. The molecule has 0 aromatic heterocycles. The van der Waals surface area contributed by atoms with E-state index in [2.05, 4.69) is 15.4 Å². The van der Waals surface area contributed by atoms with Crippen molar-refractivity contribution in [1.82, 2.24) is 10.3 Å². The number of rotatable bonds is 9. The second kappa shape index (κ2) is 11.3. The van der Waals surface area contributed by atoms with E-state index in [1.54, 1.807) is 38.5 Å². The van der Waals surface area contributed by atoms with Gasteiger partial charge in [-0.2, -0.15) is 5.10 Å². The third-order valence-corrected chi connectivity index (χ3v) is 4.97. The van der Waals surface area contributed by atoms with E-state index in [0.717, 1.165) is 55.5 Å². The lowest BCUT2D eigenvalue weighted by Crippen LogP contribution is -2.35. The Labute approximate surface area is 182 Å². The summed E-state index contributed by atoms with van der Waals surface area (Å²) in [6.45, 7) is 5.77. The van der Waals surface area contributed by atoms with Gasteiger partial charge < -0.3 is 18.9 Å². The van der Waals surface area contributed by atoms with Gasteiger partial charge in [0, 0.05) is 25.2 Å². The third-order valence-electron chi connectivity index (χ3n) is 4.97. The number of ether oxygens (including phenoxy) is 4. The topological polar surface area (TPSA) is 81.6 Å². The Balaban J connectivity index is 1.57. The predicted molar refractivity (Wildman–Crippen MR) is 118 cm³/mol. The number of methoxy groups -OCH3 is 2. The number of nitrogens with one attached hydrogen (secondary N) is 1. The Morgan fingerprint density at radius 3 is 2.45 bits per heavy atom. The van der Waals surface area contributed by atoms with Crippen LogP contribution in [0.1, 0.15) is 18.1 Å². The molecule has 0 unspecified atom stereocenters. The molecule has 0 spiro atoms. The van der Waals surface area contributed by atoms with E-state index in [9.17, 15) is 4.79 Å². The van der Waals surface area contributed by atoms with Gasteiger partial charge in [0.05, 0.1) is 33.1 Å². The summed E-state index contributed by atoms with van der Waals surface area (Å²) in [5, 5.41) is 4.22. The molecule has 1 N–H and O–H groups in total. The standard InChI is InChI=1S/C23H29N3O5/c1-17(24-25-23(27)16-31-21-7-5-20(28-2)6-8-21)18-4-9-22(29-3)19(14-18)15-26-10-12-30-13-11-26/h4-9,14H,10-13,15-16H2,1-3H3,(H,25,27)/b24-17-. The van der Waals surface area contributed by atoms with Gasteiger partial charge in [0.25, 0.3) is 5.91 Å². The number of hydrogen-bond donors (Lipinski definition) is 1. The van der Waals surface area contributed by atoms with Crippen LogP contribution in [-0.2, 0) is 16.1 Å². The molecule has 1 amide bonds. The first kappa shape index (κ1) is 22.6. The van der Waals surface area contributed by atoms with Gasteiger partial charge >= 0.3 is 0 Å². The van der Waals surface area contributed by atoms with Crippen LogP contribution in [-0.4, -0.2) is 63.6 Å². The maximum Gasteiger partial charge on any atom is 0.277 e. The smallest absolute Gasteiger partial charge is 0.277 e. The largest absolute Gasteiger partial charge is 0.497 e. The van der Waals surface area contributed by atoms with Crippen LogP contribution in [0.25, 0.3) is 0 Å². The fraction of sp³-hybridized carbons (Fsp3) is 0.391. The molecule has 166 valence electrons. The van der Waals surface area contributed by atoms with Gasteiger partial charge in [0.1, 0.15) is 17.2 Å². The summed E-state index contributed by atoms with van der Waals surface area (Å²) in [4.78, 5) is 14.4. The first-order valence-electron chi connectivity index (χ1n) is 10.2. The van der Waals surface area contributed by atoms with Crippen LogP contribution >= 0.6 is 0 Å². The minimum absolute atomic E-state index is 0.131. The number of carbonyl (C=O) groups excluding carboxylic acids is 1. The van der Waals surface area contributed by atoms with Crippen molar-refractivity contribution < 1.29 is 23.7 Å². The minimum Gasteiger partial charge on any atom is -0.497 e. The zero-order valence-corrected chi connectivity index (χ0v) is 18.2. The molecule has 0 atom stereocenters. The lowest BCUT2D eigenvalue weighted by atomic mass is 10.1. The fourth-order valence-corrected chi connectivity index (χ4v) is 3.19. The maximum absolute atomic E-state index is 12.1. The van der Waals surface area contributed by atoms with Crippen molar-refractivity contribution in [1.29, 1.82) is 0 Å². The van der Waals surface area contributed by atoms with Gasteiger partial charge in [-0.25, -0.2) is 5.43 Å². The number of amides is 1. The molecule has 31 heavy (non-hydrogen) atoms. The first-order chi connectivity index (χ1) is 15.1. The van der Waals surface area contributed by atoms with Crippen molar-refractivity contribution in [3.8, 4) is 17.2 Å². The van der Waals surface area contributed by atoms with E-state index in [4.69, 9.17) is 18.9 Å². The molecule has 0 bridgehead atoms. The van der Waals surface area contributed by atoms with Gasteiger partial charge in [-0.1, -0.05) is 0 Å². The van der Waals surface area contributed by atoms with E-state index < -0.39 is 0 Å². The van der Waals surface area contributed by atoms with E-state index >= 15 is 0 Å². The molecule has 1 aliphatic heterocycles. The molecule has 1 heterocycles. The summed E-state index contributed by atoms with van der Waals surface area (Å²) in [6.07, 6.45) is 0. The molecule has 2 aromatic carbocycles. The highest BCUT2D eigenvalue weighted by molar-refractivity contribution is 5.99. The molecule has 2 aromatic rings. The number of benzene rings is 2. The van der Waals surface area contributed by atoms with E-state index in [0.29, 0.717) is 11.5 Å². The SMILES string of the molecule is COc1ccc(OCC(=O)N/N=C(/C)c2ccc(OC)c(CN3CCOCC3)c2)cc1. The molecule has 1 saturated heterocycles. The van der Waals surface area contributed by atoms with Crippen LogP contribution in [0, 0.1) is 0 Å². The van der Waals surface area contributed by atoms with Gasteiger partial charge in [0.15, 0.2) is 6.61 Å². The normalized spacial score (nSPS) is 14.7. The molecule has 0 saturated carbocycles. The van der Waals surface area contributed by atoms with Crippen molar-refractivity contribution in [2.45, 2.75) is 13.5 Å². The summed E-state index contributed by atoms with van der Waals surface area (Å²) in [7, 11) is 3.26. The Morgan fingerprint density at radius 1 is 1.06 bits per heavy atom. The van der Waals surface area contributed by atoms with Crippen LogP contribution in [0.15, 0.2) is 47.6 Å². The fourth-order valence-electron chi connectivity index (χ4n) is 3.19. The maximum atomic E-state index is 12.1. The van der Waals surface area contributed by atoms with Gasteiger partial charge in [-0.05, 0) is 55.0 Å². The summed E-state index contributed by atoms with van der Waals surface area (Å²) in [5.74, 6) is 1.81. The van der Waals surface area contributed by atoms with E-state index in [1.165, 1.54) is 0 Å². The molecule has 1 aliphatic rings. The third kappa shape index (κ3) is 6.70. The van der Waals surface area contributed by atoms with Crippen LogP contribution in [0.2, 0.25) is 0 Å². The van der Waals surface area contributed by atoms with Crippen LogP contribution < -0.4 is 19.6 Å². The number of hydrogen-bond acceptors (Lipinski definition) is 7. The van der Waals surface area contributed by atoms with Crippen molar-refractivity contribution in [3.63, 3.8) is 0 Å². The van der Waals surface area contributed by atoms with Crippen LogP contribution in [0.3, 0.4) is 0 Å². The average Bonchev–Trinajstić information content (AvgIpc) is 2.82. The summed E-state index contributed by atoms with van der Waals surface area (Å²) < 4.78 is 21.5. The summed E-state index contributed by atoms with van der Waals surface area (Å²) >= 11 is 0. The lowest BCUT2D eigenvalue weighted by Gasteiger charge is -2.27. The number of nitrogens with zero attached hydrogens (tertiary/aromatic N) is 2. The zero-order chi connectivity index (χ0) is 22.1. The van der Waals surface area contributed by atoms with E-state index in [-0.39, 0.29) is 12.5 Å². The van der Waals surface area contributed by atoms with Crippen LogP contribution in [0.4, 0.5) is 0 Å². The lowest BCUT2D eigenvalue weighted by molar-refractivity contribution is -0.123. The summed E-state index contributed by atoms with van der Waals surface area (Å²) in [5.41, 5.74) is 5.23. The Kier molecular flexibility index (Phi) is 8.26. The number of carbonyl (C=O) groups is 1. The zero-order valence-electron chi connectivity index (χ0n) is 18.2. The average molecular weight is 428 g/mol. The molecule has 8 nitrogen and oxygen atoms in total. The van der Waals surface area contributed by atoms with Crippen molar-refractivity contribution in [2.75, 3.05) is 47.1 Å². The monoisotopic (exact) mass is 427 g/mol. The van der Waals surface area contributed by atoms with Crippen LogP contribution in [0.5, 0.6) is 17.2 Å². The van der Waals surface area contributed by atoms with Crippen molar-refractivity contribution >= 4 is 11.6 Å². The second-order valence-corrected chi connectivity index (χ2v) is 7.11. The second-order valence-electron chi connectivity index (χ2n) is 7.11. The molecular weight excluding hydrogens is 398 g/mol. The Bertz CT molecular complexity index is 893. The van der Waals surface area contributed by atoms with Gasteiger partial charge in [0.2, 0.25) is 0 Å².